The van der Waals surface area contributed by atoms with E-state index in [4.69, 9.17) is 0 Å². The lowest BCUT2D eigenvalue weighted by Crippen LogP contribution is -2.12. The lowest BCUT2D eigenvalue weighted by Gasteiger charge is -2.10. The van der Waals surface area contributed by atoms with Gasteiger partial charge in [0.25, 0.3) is 5.91 Å². The highest BCUT2D eigenvalue weighted by atomic mass is 16.1. The van der Waals surface area contributed by atoms with Crippen LogP contribution in [-0.2, 0) is 0 Å². The normalized spacial score (nSPS) is 10.6. The van der Waals surface area contributed by atoms with E-state index in [2.05, 4.69) is 15.3 Å². The molecule has 0 atom stereocenters. The Morgan fingerprint density at radius 1 is 1.05 bits per heavy atom. The summed E-state index contributed by atoms with van der Waals surface area (Å²) >= 11 is 0. The largest absolute Gasteiger partial charge is 0.321 e. The molecule has 1 aromatic carbocycles. The van der Waals surface area contributed by atoms with Gasteiger partial charge in [-0.05, 0) is 44.2 Å². The molecule has 0 aliphatic rings. The van der Waals surface area contributed by atoms with Crippen molar-refractivity contribution >= 4 is 22.5 Å². The van der Waals surface area contributed by atoms with Gasteiger partial charge in [-0.2, -0.15) is 0 Å². The van der Waals surface area contributed by atoms with Crippen molar-refractivity contribution in [2.24, 2.45) is 0 Å². The van der Waals surface area contributed by atoms with Crippen molar-refractivity contribution in [1.82, 2.24) is 9.97 Å². The molecule has 0 aliphatic heterocycles. The van der Waals surface area contributed by atoms with Crippen molar-refractivity contribution in [2.45, 2.75) is 13.8 Å². The number of anilines is 1. The second-order valence-corrected chi connectivity index (χ2v) is 5.02. The zero-order chi connectivity index (χ0) is 14.8. The average Bonchev–Trinajstić information content (AvgIpc) is 2.49. The van der Waals surface area contributed by atoms with E-state index < -0.39 is 0 Å². The number of carbonyl (C=O) groups excluding carboxylic acids is 1. The number of carbonyl (C=O) groups is 1. The quantitative estimate of drug-likeness (QED) is 0.780. The number of nitrogens with one attached hydrogen (secondary N) is 1. The first kappa shape index (κ1) is 13.2. The number of hydrogen-bond donors (Lipinski definition) is 1. The number of aromatic nitrogens is 2. The molecule has 4 nitrogen and oxygen atoms in total. The lowest BCUT2D eigenvalue weighted by atomic mass is 10.1. The summed E-state index contributed by atoms with van der Waals surface area (Å²) in [6, 6.07) is 11.3. The van der Waals surface area contributed by atoms with Crippen LogP contribution in [-0.4, -0.2) is 15.9 Å². The van der Waals surface area contributed by atoms with Crippen molar-refractivity contribution in [3.63, 3.8) is 0 Å². The number of rotatable bonds is 2. The summed E-state index contributed by atoms with van der Waals surface area (Å²) in [5.41, 5.74) is 4.25. The van der Waals surface area contributed by atoms with Crippen molar-refractivity contribution in [3.05, 3.63) is 65.6 Å². The number of pyridine rings is 2. The minimum Gasteiger partial charge on any atom is -0.321 e. The first-order valence-electron chi connectivity index (χ1n) is 6.73. The van der Waals surface area contributed by atoms with Crippen LogP contribution >= 0.6 is 0 Å². The third kappa shape index (κ3) is 2.74. The first-order chi connectivity index (χ1) is 10.1. The van der Waals surface area contributed by atoms with Crippen LogP contribution in [0.2, 0.25) is 0 Å². The molecule has 0 saturated heterocycles. The molecule has 2 aromatic heterocycles. The van der Waals surface area contributed by atoms with Crippen LogP contribution in [0.25, 0.3) is 10.9 Å². The Balaban J connectivity index is 2.04. The van der Waals surface area contributed by atoms with E-state index in [0.717, 1.165) is 27.8 Å². The maximum Gasteiger partial charge on any atom is 0.255 e. The molecular weight excluding hydrogens is 262 g/mol. The maximum absolute atomic E-state index is 12.3. The minimum atomic E-state index is -0.147. The molecule has 1 N–H and O–H groups in total. The Hall–Kier alpha value is -2.75. The Labute approximate surface area is 122 Å². The molecule has 0 spiro atoms. The summed E-state index contributed by atoms with van der Waals surface area (Å²) < 4.78 is 0. The molecule has 4 heteroatoms. The SMILES string of the molecule is Cc1ccc2nc(C)cc(NC(=O)c3ccncc3)c2c1. The molecule has 0 saturated carbocycles. The smallest absolute Gasteiger partial charge is 0.255 e. The van der Waals surface area contributed by atoms with E-state index in [0.29, 0.717) is 5.56 Å². The van der Waals surface area contributed by atoms with Gasteiger partial charge in [0.15, 0.2) is 0 Å². The monoisotopic (exact) mass is 277 g/mol. The number of amides is 1. The molecule has 0 aliphatic carbocycles. The number of benzene rings is 1. The second kappa shape index (κ2) is 5.32. The van der Waals surface area contributed by atoms with E-state index in [-0.39, 0.29) is 5.91 Å². The van der Waals surface area contributed by atoms with Gasteiger partial charge in [-0.25, -0.2) is 0 Å². The fraction of sp³-hybridized carbons (Fsp3) is 0.118. The molecule has 0 fully saturated rings. The Bertz CT molecular complexity index is 813. The highest BCUT2D eigenvalue weighted by Crippen LogP contribution is 2.24. The van der Waals surface area contributed by atoms with Gasteiger partial charge in [0, 0.05) is 29.0 Å². The predicted molar refractivity (Wildman–Crippen MR) is 83.4 cm³/mol. The summed E-state index contributed by atoms with van der Waals surface area (Å²) in [5, 5.41) is 3.91. The molecule has 3 aromatic rings. The highest BCUT2D eigenvalue weighted by molar-refractivity contribution is 6.08. The molecule has 0 bridgehead atoms. The fourth-order valence-corrected chi connectivity index (χ4v) is 2.27. The van der Waals surface area contributed by atoms with E-state index in [1.165, 1.54) is 0 Å². The number of hydrogen-bond acceptors (Lipinski definition) is 3. The lowest BCUT2D eigenvalue weighted by molar-refractivity contribution is 0.102. The van der Waals surface area contributed by atoms with Gasteiger partial charge in [0.1, 0.15) is 0 Å². The van der Waals surface area contributed by atoms with Gasteiger partial charge >= 0.3 is 0 Å². The Morgan fingerprint density at radius 3 is 2.57 bits per heavy atom. The molecule has 1 amide bonds. The van der Waals surface area contributed by atoms with Crippen molar-refractivity contribution in [1.29, 1.82) is 0 Å². The highest BCUT2D eigenvalue weighted by Gasteiger charge is 2.09. The molecule has 0 radical (unpaired) electrons. The molecule has 2 heterocycles. The summed E-state index contributed by atoms with van der Waals surface area (Å²) in [5.74, 6) is -0.147. The minimum absolute atomic E-state index is 0.147. The topological polar surface area (TPSA) is 54.9 Å². The Kier molecular flexibility index (Phi) is 3.36. The summed E-state index contributed by atoms with van der Waals surface area (Å²) in [4.78, 5) is 20.7. The van der Waals surface area contributed by atoms with Gasteiger partial charge in [-0.3, -0.25) is 14.8 Å². The van der Waals surface area contributed by atoms with Crippen molar-refractivity contribution in [3.8, 4) is 0 Å². The molecule has 3 rings (SSSR count). The van der Waals surface area contributed by atoms with Crippen LogP contribution in [0.15, 0.2) is 48.8 Å². The van der Waals surface area contributed by atoms with E-state index in [1.54, 1.807) is 24.5 Å². The van der Waals surface area contributed by atoms with Gasteiger partial charge in [0.2, 0.25) is 0 Å². The first-order valence-corrected chi connectivity index (χ1v) is 6.73. The molecule has 0 unspecified atom stereocenters. The van der Waals surface area contributed by atoms with Gasteiger partial charge in [0.05, 0.1) is 11.2 Å². The maximum atomic E-state index is 12.3. The van der Waals surface area contributed by atoms with Crippen LogP contribution in [0.3, 0.4) is 0 Å². The molecule has 21 heavy (non-hydrogen) atoms. The standard InChI is InChI=1S/C17H15N3O/c1-11-3-4-15-14(9-11)16(10-12(2)19-15)20-17(21)13-5-7-18-8-6-13/h3-10H,1-2H3,(H,19,20,21). The van der Waals surface area contributed by atoms with E-state index in [1.807, 2.05) is 38.1 Å². The number of aryl methyl sites for hydroxylation is 2. The Morgan fingerprint density at radius 2 is 1.81 bits per heavy atom. The van der Waals surface area contributed by atoms with Gasteiger partial charge < -0.3 is 5.32 Å². The molecule has 104 valence electrons. The third-order valence-corrected chi connectivity index (χ3v) is 3.28. The van der Waals surface area contributed by atoms with Crippen LogP contribution < -0.4 is 5.32 Å². The van der Waals surface area contributed by atoms with Gasteiger partial charge in [-0.15, -0.1) is 0 Å². The van der Waals surface area contributed by atoms with E-state index >= 15 is 0 Å². The third-order valence-electron chi connectivity index (χ3n) is 3.28. The van der Waals surface area contributed by atoms with Gasteiger partial charge in [-0.1, -0.05) is 11.6 Å². The molecular formula is C17H15N3O. The summed E-state index contributed by atoms with van der Waals surface area (Å²) in [7, 11) is 0. The van der Waals surface area contributed by atoms with Crippen molar-refractivity contribution < 1.29 is 4.79 Å². The summed E-state index contributed by atoms with van der Waals surface area (Å²) in [6.07, 6.45) is 3.21. The zero-order valence-corrected chi connectivity index (χ0v) is 11.9. The second-order valence-electron chi connectivity index (χ2n) is 5.02. The predicted octanol–water partition coefficient (Wildman–Crippen LogP) is 3.50. The summed E-state index contributed by atoms with van der Waals surface area (Å²) in [6.45, 7) is 3.94. The number of fused-ring (bicyclic) bond motifs is 1. The average molecular weight is 277 g/mol. The fourth-order valence-electron chi connectivity index (χ4n) is 2.27. The van der Waals surface area contributed by atoms with Crippen molar-refractivity contribution in [2.75, 3.05) is 5.32 Å². The van der Waals surface area contributed by atoms with Crippen LogP contribution in [0, 0.1) is 13.8 Å². The van der Waals surface area contributed by atoms with Crippen LogP contribution in [0.5, 0.6) is 0 Å². The van der Waals surface area contributed by atoms with E-state index in [9.17, 15) is 4.79 Å². The van der Waals surface area contributed by atoms with Crippen LogP contribution in [0.1, 0.15) is 21.6 Å². The van der Waals surface area contributed by atoms with Crippen LogP contribution in [0.4, 0.5) is 5.69 Å². The zero-order valence-electron chi connectivity index (χ0n) is 11.9. The number of nitrogens with zero attached hydrogens (tertiary/aromatic N) is 2.